The Hall–Kier alpha value is -3.96. The summed E-state index contributed by atoms with van der Waals surface area (Å²) in [6.45, 7) is 4.56. The zero-order chi connectivity index (χ0) is 25.1. The molecule has 1 atom stereocenters. The lowest BCUT2D eigenvalue weighted by Crippen LogP contribution is -2.46. The van der Waals surface area contributed by atoms with E-state index in [0.717, 1.165) is 44.9 Å². The number of carbonyl (C=O) groups is 1. The normalized spacial score (nSPS) is 16.6. The van der Waals surface area contributed by atoms with Crippen molar-refractivity contribution in [3.63, 3.8) is 0 Å². The molecule has 2 aromatic heterocycles. The van der Waals surface area contributed by atoms with Gasteiger partial charge in [-0.25, -0.2) is 14.2 Å². The number of aliphatic hydroxyl groups is 1. The van der Waals surface area contributed by atoms with Crippen LogP contribution in [0.3, 0.4) is 0 Å². The van der Waals surface area contributed by atoms with Gasteiger partial charge in [0.1, 0.15) is 17.2 Å². The topological polar surface area (TPSA) is 141 Å². The van der Waals surface area contributed by atoms with Crippen LogP contribution in [0.15, 0.2) is 41.2 Å². The first-order valence-electron chi connectivity index (χ1n) is 11.1. The molecule has 1 unspecified atom stereocenters. The lowest BCUT2D eigenvalue weighted by molar-refractivity contribution is -0.167. The minimum absolute atomic E-state index is 0.0538. The molecular weight excluding hydrogens is 455 g/mol. The number of fused-ring (bicyclic) bond motifs is 2. The number of nitrogens with two attached hydrogens (primary N) is 1. The molecule has 0 amide bonds. The number of anilines is 2. The van der Waals surface area contributed by atoms with Crippen LogP contribution in [0.4, 0.5) is 15.8 Å². The third-order valence-electron chi connectivity index (χ3n) is 6.60. The smallest absolute Gasteiger partial charge is 0.357 e. The second kappa shape index (κ2) is 8.07. The van der Waals surface area contributed by atoms with Crippen LogP contribution in [-0.4, -0.2) is 68.8 Å². The molecule has 10 nitrogen and oxygen atoms in total. The molecule has 1 aliphatic rings. The van der Waals surface area contributed by atoms with Crippen molar-refractivity contribution >= 4 is 39.3 Å². The van der Waals surface area contributed by atoms with Crippen molar-refractivity contribution in [1.82, 2.24) is 19.4 Å². The number of H-pyrrole nitrogens is 1. The first-order chi connectivity index (χ1) is 16.6. The molecule has 1 saturated heterocycles. The molecule has 11 heteroatoms. The minimum Gasteiger partial charge on any atom is -0.478 e. The maximum absolute atomic E-state index is 14.9. The number of nitrogens with one attached hydrogen (secondary N) is 1. The van der Waals surface area contributed by atoms with Gasteiger partial charge in [-0.1, -0.05) is 6.07 Å². The Kier molecular flexibility index (Phi) is 5.26. The molecule has 0 spiro atoms. The summed E-state index contributed by atoms with van der Waals surface area (Å²) in [5.41, 5.74) is 4.32. The van der Waals surface area contributed by atoms with Gasteiger partial charge in [-0.3, -0.25) is 9.36 Å². The minimum atomic E-state index is -2.66. The van der Waals surface area contributed by atoms with Gasteiger partial charge >= 0.3 is 5.97 Å². The third kappa shape index (κ3) is 3.60. The molecule has 0 saturated carbocycles. The van der Waals surface area contributed by atoms with Gasteiger partial charge in [0.15, 0.2) is 0 Å². The first kappa shape index (κ1) is 22.8. The van der Waals surface area contributed by atoms with E-state index in [-0.39, 0.29) is 28.0 Å². The Bertz CT molecular complexity index is 1530. The molecule has 0 radical (unpaired) electrons. The van der Waals surface area contributed by atoms with Crippen molar-refractivity contribution in [2.24, 2.45) is 0 Å². The molecule has 0 bridgehead atoms. The number of aromatic nitrogens is 3. The van der Waals surface area contributed by atoms with E-state index < -0.39 is 23.1 Å². The van der Waals surface area contributed by atoms with Crippen molar-refractivity contribution < 1.29 is 19.4 Å². The van der Waals surface area contributed by atoms with Gasteiger partial charge in [0.25, 0.3) is 5.56 Å². The number of benzene rings is 2. The summed E-state index contributed by atoms with van der Waals surface area (Å²) >= 11 is 0. The number of pyridine rings is 1. The fourth-order valence-electron chi connectivity index (χ4n) is 4.56. The Labute approximate surface area is 199 Å². The van der Waals surface area contributed by atoms with E-state index in [0.29, 0.717) is 15.6 Å². The zero-order valence-corrected chi connectivity index (χ0v) is 19.2. The molecule has 5 rings (SSSR count). The number of piperazine rings is 1. The maximum Gasteiger partial charge on any atom is 0.357 e. The van der Waals surface area contributed by atoms with Crippen LogP contribution in [-0.2, 0) is 10.5 Å². The molecule has 3 heterocycles. The number of carboxylic acid groups (broad SMARTS) is 1. The van der Waals surface area contributed by atoms with Gasteiger partial charge in [0.2, 0.25) is 5.72 Å². The van der Waals surface area contributed by atoms with E-state index in [2.05, 4.69) is 26.8 Å². The number of nitrogens with zero attached hydrogens (tertiary/aromatic N) is 4. The monoisotopic (exact) mass is 480 g/mol. The predicted molar refractivity (Wildman–Crippen MR) is 131 cm³/mol. The highest BCUT2D eigenvalue weighted by atomic mass is 19.1. The number of nitrogen functional groups attached to an aromatic ring is 1. The van der Waals surface area contributed by atoms with Crippen molar-refractivity contribution in [2.75, 3.05) is 43.9 Å². The quantitative estimate of drug-likeness (QED) is 0.346. The highest BCUT2D eigenvalue weighted by Gasteiger charge is 2.37. The molecular formula is C24H25FN6O4. The summed E-state index contributed by atoms with van der Waals surface area (Å²) in [5.74, 6) is -2.38. The maximum atomic E-state index is 14.9. The fourth-order valence-corrected chi connectivity index (χ4v) is 4.56. The highest BCUT2D eigenvalue weighted by molar-refractivity contribution is 5.99. The molecule has 1 aliphatic heterocycles. The Morgan fingerprint density at radius 3 is 2.60 bits per heavy atom. The molecule has 4 aromatic rings. The van der Waals surface area contributed by atoms with E-state index in [1.54, 1.807) is 0 Å². The summed E-state index contributed by atoms with van der Waals surface area (Å²) < 4.78 is 15.5. The molecule has 0 aliphatic carbocycles. The average Bonchev–Trinajstić information content (AvgIpc) is 3.22. The van der Waals surface area contributed by atoms with Crippen LogP contribution in [0.25, 0.3) is 33.3 Å². The summed E-state index contributed by atoms with van der Waals surface area (Å²) in [4.78, 5) is 37.4. The summed E-state index contributed by atoms with van der Waals surface area (Å²) in [7, 11) is 2.08. The highest BCUT2D eigenvalue weighted by Crippen LogP contribution is 2.33. The molecule has 35 heavy (non-hydrogen) atoms. The number of aliphatic carboxylic acids is 1. The van der Waals surface area contributed by atoms with E-state index in [1.807, 2.05) is 18.2 Å². The van der Waals surface area contributed by atoms with Gasteiger partial charge in [-0.05, 0) is 44.3 Å². The lowest BCUT2D eigenvalue weighted by atomic mass is 10.1. The SMILES string of the molecule is CN1CCN(c2ccc3nc(-c4c(N)c5c(F)cccc5n(C(C)(O)C(=O)O)c4=O)[nH]c3c2)CC1. The predicted octanol–water partition coefficient (Wildman–Crippen LogP) is 1.77. The van der Waals surface area contributed by atoms with Gasteiger partial charge in [-0.15, -0.1) is 0 Å². The average molecular weight is 481 g/mol. The summed E-state index contributed by atoms with van der Waals surface area (Å²) in [5, 5.41) is 20.1. The zero-order valence-electron chi connectivity index (χ0n) is 19.2. The van der Waals surface area contributed by atoms with Crippen LogP contribution in [0.5, 0.6) is 0 Å². The first-order valence-corrected chi connectivity index (χ1v) is 11.1. The second-order valence-electron chi connectivity index (χ2n) is 8.97. The standard InChI is InChI=1S/C24H25FN6O4/c1-24(35,23(33)34)31-17-5-3-4-14(25)18(17)20(26)19(22(31)32)21-27-15-7-6-13(12-16(15)28-21)30-10-8-29(2)9-11-30/h3-7,12,35H,8-11,26H2,1-2H3,(H,27,28)(H,33,34). The van der Waals surface area contributed by atoms with E-state index in [1.165, 1.54) is 12.1 Å². The largest absolute Gasteiger partial charge is 0.478 e. The summed E-state index contributed by atoms with van der Waals surface area (Å²) in [6, 6.07) is 9.46. The number of halogens is 1. The number of aromatic amines is 1. The summed E-state index contributed by atoms with van der Waals surface area (Å²) in [6.07, 6.45) is 0. The molecule has 5 N–H and O–H groups in total. The number of likely N-dealkylation sites (N-methyl/N-ethyl adjacent to an activating group) is 1. The van der Waals surface area contributed by atoms with Crippen LogP contribution >= 0.6 is 0 Å². The van der Waals surface area contributed by atoms with E-state index in [4.69, 9.17) is 5.73 Å². The molecule has 182 valence electrons. The Morgan fingerprint density at radius 1 is 1.20 bits per heavy atom. The van der Waals surface area contributed by atoms with Gasteiger partial charge in [0, 0.05) is 31.9 Å². The Morgan fingerprint density at radius 2 is 1.91 bits per heavy atom. The van der Waals surface area contributed by atoms with Crippen molar-refractivity contribution in [2.45, 2.75) is 12.6 Å². The van der Waals surface area contributed by atoms with E-state index >= 15 is 0 Å². The lowest BCUT2D eigenvalue weighted by Gasteiger charge is -2.34. The molecule has 1 fully saturated rings. The van der Waals surface area contributed by atoms with Crippen LogP contribution < -0.4 is 16.2 Å². The van der Waals surface area contributed by atoms with Crippen LogP contribution in [0.2, 0.25) is 0 Å². The number of hydrogen-bond donors (Lipinski definition) is 4. The third-order valence-corrected chi connectivity index (χ3v) is 6.60. The number of rotatable bonds is 4. The number of carboxylic acids is 1. The second-order valence-corrected chi connectivity index (χ2v) is 8.97. The fraction of sp³-hybridized carbons (Fsp3) is 0.292. The van der Waals surface area contributed by atoms with E-state index in [9.17, 15) is 24.2 Å². The van der Waals surface area contributed by atoms with Gasteiger partial charge < -0.3 is 30.7 Å². The Balaban J connectivity index is 1.72. The molecule has 2 aromatic carbocycles. The van der Waals surface area contributed by atoms with Gasteiger partial charge in [0.05, 0.1) is 27.6 Å². The van der Waals surface area contributed by atoms with Crippen LogP contribution in [0, 0.1) is 5.82 Å². The van der Waals surface area contributed by atoms with Crippen molar-refractivity contribution in [3.8, 4) is 11.4 Å². The number of imidazole rings is 1. The van der Waals surface area contributed by atoms with Crippen LogP contribution in [0.1, 0.15) is 6.92 Å². The van der Waals surface area contributed by atoms with Crippen molar-refractivity contribution in [1.29, 1.82) is 0 Å². The number of hydrogen-bond acceptors (Lipinski definition) is 7. The van der Waals surface area contributed by atoms with Gasteiger partial charge in [-0.2, -0.15) is 0 Å². The van der Waals surface area contributed by atoms with Crippen molar-refractivity contribution in [3.05, 3.63) is 52.6 Å².